The first-order chi connectivity index (χ1) is 19.2. The van der Waals surface area contributed by atoms with E-state index in [0.717, 1.165) is 22.5 Å². The van der Waals surface area contributed by atoms with E-state index in [1.807, 2.05) is 0 Å². The molecule has 3 aromatic rings. The van der Waals surface area contributed by atoms with Crippen LogP contribution in [0, 0.1) is 5.95 Å². The highest BCUT2D eigenvalue weighted by molar-refractivity contribution is 5.88. The van der Waals surface area contributed by atoms with Crippen molar-refractivity contribution in [3.63, 3.8) is 0 Å². The Balaban J connectivity index is 1.17. The second-order valence-electron chi connectivity index (χ2n) is 10.6. The molecule has 0 bridgehead atoms. The minimum absolute atomic E-state index is 0.165. The number of nitrogens with one attached hydrogen (secondary N) is 1. The lowest BCUT2D eigenvalue weighted by atomic mass is 10.0. The number of amides is 2. The molecule has 2 saturated heterocycles. The van der Waals surface area contributed by atoms with E-state index < -0.39 is 61.6 Å². The molecular formula is C27H27F4N7O2. The summed E-state index contributed by atoms with van der Waals surface area (Å²) in [6, 6.07) is 10.3. The summed E-state index contributed by atoms with van der Waals surface area (Å²) in [7, 11) is 0. The maximum atomic E-state index is 14.8. The third-order valence-corrected chi connectivity index (χ3v) is 7.47. The number of nitrogens with zero attached hydrogens (tertiary/aromatic N) is 6. The van der Waals surface area contributed by atoms with Gasteiger partial charge in [-0.2, -0.15) is 14.3 Å². The third kappa shape index (κ3) is 5.36. The molecular weight excluding hydrogens is 530 g/mol. The molecule has 40 heavy (non-hydrogen) atoms. The molecule has 1 aliphatic carbocycles. The Morgan fingerprint density at radius 2 is 1.85 bits per heavy atom. The highest BCUT2D eigenvalue weighted by Crippen LogP contribution is 2.41. The van der Waals surface area contributed by atoms with Crippen molar-refractivity contribution in [2.45, 2.75) is 55.9 Å². The highest BCUT2D eigenvalue weighted by Gasteiger charge is 2.45. The number of carbonyl (C=O) groups excluding carboxylic acids is 2. The van der Waals surface area contributed by atoms with Crippen LogP contribution in [0.25, 0.3) is 0 Å². The molecule has 3 atom stereocenters. The Morgan fingerprint density at radius 3 is 2.52 bits per heavy atom. The van der Waals surface area contributed by atoms with E-state index in [0.29, 0.717) is 16.8 Å². The zero-order chi connectivity index (χ0) is 28.0. The molecule has 3 fully saturated rings. The SMILES string of the molecule is O=C(N[C@@H](c1ccccc1)c1ccc(C2CC2)c(F)n1)[C@@H]1C[C@@H](F)CN1C(=O)Cn1ncc(N2CC(F)(F)C2)n1. The number of halogens is 4. The largest absolute Gasteiger partial charge is 0.342 e. The van der Waals surface area contributed by atoms with Gasteiger partial charge in [0, 0.05) is 12.0 Å². The summed E-state index contributed by atoms with van der Waals surface area (Å²) in [6.45, 7) is -1.65. The number of likely N-dealkylation sites (tertiary alicyclic amines) is 1. The minimum Gasteiger partial charge on any atom is -0.342 e. The molecule has 3 aliphatic rings. The van der Waals surface area contributed by atoms with Crippen LogP contribution in [0.1, 0.15) is 48.0 Å². The van der Waals surface area contributed by atoms with E-state index >= 15 is 0 Å². The predicted molar refractivity (Wildman–Crippen MR) is 135 cm³/mol. The van der Waals surface area contributed by atoms with Gasteiger partial charge in [0.1, 0.15) is 18.8 Å². The van der Waals surface area contributed by atoms with Gasteiger partial charge in [0.05, 0.1) is 37.6 Å². The van der Waals surface area contributed by atoms with Crippen molar-refractivity contribution in [2.24, 2.45) is 0 Å². The average Bonchev–Trinajstić information content (AvgIpc) is 3.52. The number of anilines is 1. The summed E-state index contributed by atoms with van der Waals surface area (Å²) in [5.74, 6) is -4.19. The Morgan fingerprint density at radius 1 is 1.10 bits per heavy atom. The van der Waals surface area contributed by atoms with E-state index in [1.165, 1.54) is 11.1 Å². The quantitative estimate of drug-likeness (QED) is 0.338. The summed E-state index contributed by atoms with van der Waals surface area (Å²) >= 11 is 0. The first-order valence-corrected chi connectivity index (χ1v) is 13.1. The first-order valence-electron chi connectivity index (χ1n) is 13.1. The van der Waals surface area contributed by atoms with Gasteiger partial charge in [-0.3, -0.25) is 9.59 Å². The van der Waals surface area contributed by atoms with Crippen LogP contribution in [0.5, 0.6) is 0 Å². The molecule has 6 rings (SSSR count). The van der Waals surface area contributed by atoms with Gasteiger partial charge in [-0.25, -0.2) is 18.2 Å². The maximum Gasteiger partial charge on any atom is 0.282 e. The number of rotatable bonds is 8. The lowest BCUT2D eigenvalue weighted by Crippen LogP contribution is -2.56. The minimum atomic E-state index is -2.79. The normalized spacial score (nSPS) is 22.6. The molecule has 9 nitrogen and oxygen atoms in total. The van der Waals surface area contributed by atoms with Crippen LogP contribution < -0.4 is 10.2 Å². The van der Waals surface area contributed by atoms with E-state index in [9.17, 15) is 27.2 Å². The summed E-state index contributed by atoms with van der Waals surface area (Å²) in [5, 5.41) is 10.9. The number of alkyl halides is 3. The zero-order valence-corrected chi connectivity index (χ0v) is 21.4. The van der Waals surface area contributed by atoms with Crippen molar-refractivity contribution in [3.05, 3.63) is 71.4 Å². The van der Waals surface area contributed by atoms with Crippen molar-refractivity contribution in [1.82, 2.24) is 30.2 Å². The smallest absolute Gasteiger partial charge is 0.282 e. The fraction of sp³-hybridized carbons (Fsp3) is 0.444. The Labute approximate surface area is 227 Å². The average molecular weight is 558 g/mol. The molecule has 4 heterocycles. The van der Waals surface area contributed by atoms with Crippen LogP contribution in [0.15, 0.2) is 48.7 Å². The van der Waals surface area contributed by atoms with Gasteiger partial charge in [-0.05, 0) is 30.4 Å². The molecule has 2 aromatic heterocycles. The topological polar surface area (TPSA) is 96.2 Å². The van der Waals surface area contributed by atoms with E-state index in [-0.39, 0.29) is 24.7 Å². The molecule has 0 radical (unpaired) electrons. The lowest BCUT2D eigenvalue weighted by molar-refractivity contribution is -0.139. The van der Waals surface area contributed by atoms with E-state index in [2.05, 4.69) is 20.5 Å². The van der Waals surface area contributed by atoms with E-state index in [4.69, 9.17) is 0 Å². The van der Waals surface area contributed by atoms with Gasteiger partial charge in [-0.15, -0.1) is 5.10 Å². The zero-order valence-electron chi connectivity index (χ0n) is 21.4. The predicted octanol–water partition coefficient (Wildman–Crippen LogP) is 2.99. The molecule has 2 amide bonds. The molecule has 210 valence electrons. The highest BCUT2D eigenvalue weighted by atomic mass is 19.3. The van der Waals surface area contributed by atoms with Crippen molar-refractivity contribution in [2.75, 3.05) is 24.5 Å². The van der Waals surface area contributed by atoms with Crippen molar-refractivity contribution < 1.29 is 27.2 Å². The maximum absolute atomic E-state index is 14.8. The van der Waals surface area contributed by atoms with Crippen molar-refractivity contribution in [1.29, 1.82) is 0 Å². The van der Waals surface area contributed by atoms with Gasteiger partial charge >= 0.3 is 0 Å². The summed E-state index contributed by atoms with van der Waals surface area (Å²) in [4.78, 5) is 34.2. The standard InChI is InChI=1S/C27H27F4N7O2/c28-18-10-21(37(12-18)23(39)13-38-32-11-22(35-38)36-14-27(30,31)15-36)26(40)34-24(17-4-2-1-3-5-17)20-9-8-19(16-6-7-16)25(29)33-20/h1-5,8-9,11,16,18,21,24H,6-7,10,12-15H2,(H,34,40)/t18-,21+,24+/m1/s1. The van der Waals surface area contributed by atoms with Crippen LogP contribution in [-0.2, 0) is 16.1 Å². The van der Waals surface area contributed by atoms with Crippen LogP contribution in [0.3, 0.4) is 0 Å². The van der Waals surface area contributed by atoms with Gasteiger partial charge in [0.15, 0.2) is 5.82 Å². The molecule has 1 N–H and O–H groups in total. The number of aromatic nitrogens is 4. The molecule has 2 aliphatic heterocycles. The van der Waals surface area contributed by atoms with Crippen molar-refractivity contribution in [3.8, 4) is 0 Å². The molecule has 0 unspecified atom stereocenters. The number of hydrogen-bond acceptors (Lipinski definition) is 6. The summed E-state index contributed by atoms with van der Waals surface area (Å²) in [6.07, 6.45) is 1.47. The number of pyridine rings is 1. The Bertz CT molecular complexity index is 1410. The summed E-state index contributed by atoms with van der Waals surface area (Å²) in [5.41, 5.74) is 1.49. The molecule has 1 saturated carbocycles. The van der Waals surface area contributed by atoms with Crippen LogP contribution in [0.4, 0.5) is 23.4 Å². The first kappa shape index (κ1) is 26.2. The van der Waals surface area contributed by atoms with Gasteiger partial charge < -0.3 is 15.1 Å². The van der Waals surface area contributed by atoms with Gasteiger partial charge in [0.25, 0.3) is 5.92 Å². The van der Waals surface area contributed by atoms with Crippen molar-refractivity contribution >= 4 is 17.6 Å². The van der Waals surface area contributed by atoms with E-state index in [1.54, 1.807) is 42.5 Å². The van der Waals surface area contributed by atoms with Gasteiger partial charge in [-0.1, -0.05) is 36.4 Å². The number of hydrogen-bond donors (Lipinski definition) is 1. The van der Waals surface area contributed by atoms with Gasteiger partial charge in [0.2, 0.25) is 17.8 Å². The Hall–Kier alpha value is -4.03. The van der Waals surface area contributed by atoms with Crippen LogP contribution >= 0.6 is 0 Å². The molecule has 1 aromatic carbocycles. The number of carbonyl (C=O) groups is 2. The fourth-order valence-corrected chi connectivity index (χ4v) is 5.23. The second-order valence-corrected chi connectivity index (χ2v) is 10.6. The monoisotopic (exact) mass is 557 g/mol. The number of benzene rings is 1. The van der Waals surface area contributed by atoms with Crippen LogP contribution in [0.2, 0.25) is 0 Å². The van der Waals surface area contributed by atoms with Crippen LogP contribution in [-0.4, -0.2) is 74.5 Å². The molecule has 13 heteroatoms. The molecule has 0 spiro atoms. The fourth-order valence-electron chi connectivity index (χ4n) is 5.23. The summed E-state index contributed by atoms with van der Waals surface area (Å²) < 4.78 is 55.7. The third-order valence-electron chi connectivity index (χ3n) is 7.47. The lowest BCUT2D eigenvalue weighted by Gasteiger charge is -2.38. The Kier molecular flexibility index (Phi) is 6.67. The second kappa shape index (κ2) is 10.2.